The lowest BCUT2D eigenvalue weighted by atomic mass is 10.2. The maximum Gasteiger partial charge on any atom is 0.224 e. The molecule has 1 fully saturated rings. The Labute approximate surface area is 120 Å². The number of ether oxygens (including phenoxy) is 1. The second-order valence-electron chi connectivity index (χ2n) is 4.61. The number of morpholine rings is 1. The summed E-state index contributed by atoms with van der Waals surface area (Å²) in [5.74, 6) is 1.03. The van der Waals surface area contributed by atoms with Crippen molar-refractivity contribution in [1.29, 1.82) is 0 Å². The number of halogens is 1. The molecule has 0 aliphatic carbocycles. The molecule has 1 aromatic heterocycles. The molecule has 0 amide bonds. The van der Waals surface area contributed by atoms with Crippen LogP contribution in [-0.2, 0) is 16.0 Å². The minimum Gasteiger partial charge on any atom is -0.378 e. The van der Waals surface area contributed by atoms with E-state index in [4.69, 9.17) is 16.3 Å². The summed E-state index contributed by atoms with van der Waals surface area (Å²) in [7, 11) is 0. The fourth-order valence-electron chi connectivity index (χ4n) is 2.29. The first-order valence-electron chi connectivity index (χ1n) is 6.21. The SMILES string of the molecule is CC(=O)C1Cc2nc(Cl)nc(N3CCOCC3)c2S1. The van der Waals surface area contributed by atoms with Crippen LogP contribution in [-0.4, -0.2) is 47.3 Å². The number of nitrogens with zero attached hydrogens (tertiary/aromatic N) is 3. The van der Waals surface area contributed by atoms with E-state index in [9.17, 15) is 4.79 Å². The van der Waals surface area contributed by atoms with Crippen molar-refractivity contribution in [3.8, 4) is 0 Å². The molecule has 3 heterocycles. The highest BCUT2D eigenvalue weighted by molar-refractivity contribution is 8.01. The van der Waals surface area contributed by atoms with Crippen molar-refractivity contribution < 1.29 is 9.53 Å². The van der Waals surface area contributed by atoms with E-state index in [1.165, 1.54) is 0 Å². The summed E-state index contributed by atoms with van der Waals surface area (Å²) in [6, 6.07) is 0. The summed E-state index contributed by atoms with van der Waals surface area (Å²) < 4.78 is 5.35. The molecule has 1 saturated heterocycles. The fraction of sp³-hybridized carbons (Fsp3) is 0.583. The van der Waals surface area contributed by atoms with Gasteiger partial charge in [0.1, 0.15) is 11.6 Å². The molecule has 5 nitrogen and oxygen atoms in total. The van der Waals surface area contributed by atoms with E-state index < -0.39 is 0 Å². The average Bonchev–Trinajstić information content (AvgIpc) is 2.82. The molecular weight excluding hydrogens is 286 g/mol. The highest BCUT2D eigenvalue weighted by atomic mass is 35.5. The summed E-state index contributed by atoms with van der Waals surface area (Å²) in [4.78, 5) is 23.3. The Hall–Kier alpha value is -0.850. The first kappa shape index (κ1) is 13.1. The molecule has 7 heteroatoms. The number of carbonyl (C=O) groups excluding carboxylic acids is 1. The van der Waals surface area contributed by atoms with Gasteiger partial charge in [0.15, 0.2) is 0 Å². The predicted octanol–water partition coefficient (Wildman–Crippen LogP) is 1.57. The zero-order valence-corrected chi connectivity index (χ0v) is 12.1. The number of carbonyl (C=O) groups is 1. The molecule has 0 bridgehead atoms. The van der Waals surface area contributed by atoms with Crippen LogP contribution in [0, 0.1) is 0 Å². The molecule has 1 unspecified atom stereocenters. The van der Waals surface area contributed by atoms with Gasteiger partial charge in [-0.1, -0.05) is 0 Å². The Morgan fingerprint density at radius 2 is 2.16 bits per heavy atom. The van der Waals surface area contributed by atoms with E-state index in [0.29, 0.717) is 19.6 Å². The molecule has 102 valence electrons. The number of rotatable bonds is 2. The molecule has 0 spiro atoms. The quantitative estimate of drug-likeness (QED) is 0.773. The van der Waals surface area contributed by atoms with Crippen LogP contribution in [0.15, 0.2) is 4.90 Å². The lowest BCUT2D eigenvalue weighted by molar-refractivity contribution is -0.116. The number of Topliss-reactive ketones (excluding diaryl/α,β-unsaturated/α-hetero) is 1. The van der Waals surface area contributed by atoms with Crippen LogP contribution in [0.25, 0.3) is 0 Å². The third-order valence-electron chi connectivity index (χ3n) is 3.29. The van der Waals surface area contributed by atoms with E-state index >= 15 is 0 Å². The van der Waals surface area contributed by atoms with Gasteiger partial charge in [0, 0.05) is 19.5 Å². The minimum atomic E-state index is -0.0532. The van der Waals surface area contributed by atoms with Gasteiger partial charge in [0.25, 0.3) is 0 Å². The second-order valence-corrected chi connectivity index (χ2v) is 6.16. The Kier molecular flexibility index (Phi) is 3.64. The maximum absolute atomic E-state index is 11.6. The van der Waals surface area contributed by atoms with Gasteiger partial charge in [-0.05, 0) is 18.5 Å². The van der Waals surface area contributed by atoms with Crippen LogP contribution in [0.4, 0.5) is 5.82 Å². The summed E-state index contributed by atoms with van der Waals surface area (Å²) in [5.41, 5.74) is 0.895. The molecule has 2 aliphatic heterocycles. The van der Waals surface area contributed by atoms with Gasteiger partial charge in [0.05, 0.1) is 29.1 Å². The van der Waals surface area contributed by atoms with Gasteiger partial charge < -0.3 is 9.64 Å². The molecule has 1 atom stereocenters. The molecule has 1 aromatic rings. The molecule has 0 aromatic carbocycles. The van der Waals surface area contributed by atoms with Crippen molar-refractivity contribution in [2.75, 3.05) is 31.2 Å². The highest BCUT2D eigenvalue weighted by Crippen LogP contribution is 2.42. The lowest BCUT2D eigenvalue weighted by Crippen LogP contribution is -2.37. The number of fused-ring (bicyclic) bond motifs is 1. The largest absolute Gasteiger partial charge is 0.378 e. The number of anilines is 1. The van der Waals surface area contributed by atoms with Gasteiger partial charge in [-0.15, -0.1) is 11.8 Å². The van der Waals surface area contributed by atoms with Crippen LogP contribution in [0.3, 0.4) is 0 Å². The van der Waals surface area contributed by atoms with Crippen molar-refractivity contribution in [3.63, 3.8) is 0 Å². The average molecular weight is 300 g/mol. The zero-order valence-electron chi connectivity index (χ0n) is 10.6. The summed E-state index contributed by atoms with van der Waals surface area (Å²) >= 11 is 7.56. The van der Waals surface area contributed by atoms with E-state index in [2.05, 4.69) is 14.9 Å². The van der Waals surface area contributed by atoms with E-state index in [1.54, 1.807) is 18.7 Å². The first-order chi connectivity index (χ1) is 9.15. The Morgan fingerprint density at radius 3 is 2.84 bits per heavy atom. The van der Waals surface area contributed by atoms with Crippen molar-refractivity contribution in [2.45, 2.75) is 23.5 Å². The topological polar surface area (TPSA) is 55.3 Å². The second kappa shape index (κ2) is 5.26. The highest BCUT2D eigenvalue weighted by Gasteiger charge is 2.32. The minimum absolute atomic E-state index is 0.0532. The standard InChI is InChI=1S/C12H14ClN3O2S/c1-7(17)9-6-8-10(19-9)11(15-12(13)14-8)16-2-4-18-5-3-16/h9H,2-6H2,1H3. The summed E-state index contributed by atoms with van der Waals surface area (Å²) in [6.45, 7) is 4.59. The van der Waals surface area contributed by atoms with Gasteiger partial charge in [0.2, 0.25) is 5.28 Å². The molecule has 3 rings (SSSR count). The van der Waals surface area contributed by atoms with E-state index in [1.807, 2.05) is 0 Å². The van der Waals surface area contributed by atoms with Crippen LogP contribution in [0.2, 0.25) is 5.28 Å². The summed E-state index contributed by atoms with van der Waals surface area (Å²) in [6.07, 6.45) is 0.648. The monoisotopic (exact) mass is 299 g/mol. The van der Waals surface area contributed by atoms with Gasteiger partial charge in [-0.2, -0.15) is 4.98 Å². The van der Waals surface area contributed by atoms with E-state index in [-0.39, 0.29) is 16.3 Å². The Balaban J connectivity index is 1.95. The fourth-order valence-corrected chi connectivity index (χ4v) is 3.71. The summed E-state index contributed by atoms with van der Waals surface area (Å²) in [5, 5.41) is 0.201. The van der Waals surface area contributed by atoms with E-state index in [0.717, 1.165) is 29.5 Å². The predicted molar refractivity (Wildman–Crippen MR) is 74.1 cm³/mol. The number of thioether (sulfide) groups is 1. The molecule has 0 saturated carbocycles. The molecule has 0 N–H and O–H groups in total. The Bertz CT molecular complexity index is 520. The van der Waals surface area contributed by atoms with Crippen molar-refractivity contribution in [2.24, 2.45) is 0 Å². The molecule has 2 aliphatic rings. The lowest BCUT2D eigenvalue weighted by Gasteiger charge is -2.29. The van der Waals surface area contributed by atoms with Crippen molar-refractivity contribution >= 4 is 35.0 Å². The van der Waals surface area contributed by atoms with Crippen LogP contribution in [0.1, 0.15) is 12.6 Å². The van der Waals surface area contributed by atoms with Crippen LogP contribution in [0.5, 0.6) is 0 Å². The van der Waals surface area contributed by atoms with Crippen molar-refractivity contribution in [3.05, 3.63) is 11.0 Å². The van der Waals surface area contributed by atoms with Crippen LogP contribution >= 0.6 is 23.4 Å². The number of ketones is 1. The number of aromatic nitrogens is 2. The zero-order chi connectivity index (χ0) is 13.4. The maximum atomic E-state index is 11.6. The third kappa shape index (κ3) is 2.57. The van der Waals surface area contributed by atoms with Gasteiger partial charge in [-0.25, -0.2) is 4.98 Å². The number of hydrogen-bond donors (Lipinski definition) is 0. The number of hydrogen-bond acceptors (Lipinski definition) is 6. The van der Waals surface area contributed by atoms with Crippen LogP contribution < -0.4 is 4.90 Å². The third-order valence-corrected chi connectivity index (χ3v) is 4.90. The Morgan fingerprint density at radius 1 is 1.42 bits per heavy atom. The van der Waals surface area contributed by atoms with Gasteiger partial charge in [-0.3, -0.25) is 4.79 Å². The van der Waals surface area contributed by atoms with Crippen molar-refractivity contribution in [1.82, 2.24) is 9.97 Å². The molecule has 19 heavy (non-hydrogen) atoms. The first-order valence-corrected chi connectivity index (χ1v) is 7.47. The van der Waals surface area contributed by atoms with Gasteiger partial charge >= 0.3 is 0 Å². The smallest absolute Gasteiger partial charge is 0.224 e. The molecule has 0 radical (unpaired) electrons. The normalized spacial score (nSPS) is 22.4. The molecular formula is C12H14ClN3O2S.